The van der Waals surface area contributed by atoms with Crippen LogP contribution in [0.4, 0.5) is 0 Å². The molecule has 6 nitrogen and oxygen atoms in total. The van der Waals surface area contributed by atoms with Gasteiger partial charge in [-0.25, -0.2) is 4.72 Å². The quantitative estimate of drug-likeness (QED) is 0.715. The third-order valence-corrected chi connectivity index (χ3v) is 4.47. The normalized spacial score (nSPS) is 28.2. The second-order valence-corrected chi connectivity index (χ2v) is 6.80. The summed E-state index contributed by atoms with van der Waals surface area (Å²) in [6.45, 7) is 6.84. The smallest absolute Gasteiger partial charge is 0.279 e. The van der Waals surface area contributed by atoms with E-state index in [1.807, 2.05) is 20.8 Å². The zero-order valence-electron chi connectivity index (χ0n) is 11.3. The minimum Gasteiger partial charge on any atom is -0.396 e. The first-order valence-corrected chi connectivity index (χ1v) is 7.80. The number of hydrogen-bond acceptors (Lipinski definition) is 4. The molecular formula is C11H24N2O4S. The van der Waals surface area contributed by atoms with E-state index in [-0.39, 0.29) is 24.7 Å². The molecule has 1 heterocycles. The van der Waals surface area contributed by atoms with Gasteiger partial charge >= 0.3 is 0 Å². The molecule has 3 unspecified atom stereocenters. The van der Waals surface area contributed by atoms with Gasteiger partial charge in [-0.3, -0.25) is 0 Å². The summed E-state index contributed by atoms with van der Waals surface area (Å²) in [5, 5.41) is 8.78. The van der Waals surface area contributed by atoms with E-state index in [9.17, 15) is 8.42 Å². The van der Waals surface area contributed by atoms with Crippen molar-refractivity contribution in [2.24, 2.45) is 5.92 Å². The summed E-state index contributed by atoms with van der Waals surface area (Å²) in [4.78, 5) is 0. The molecule has 1 fully saturated rings. The molecule has 7 heteroatoms. The van der Waals surface area contributed by atoms with Crippen molar-refractivity contribution in [3.05, 3.63) is 0 Å². The van der Waals surface area contributed by atoms with Gasteiger partial charge in [-0.05, 0) is 26.2 Å². The highest BCUT2D eigenvalue weighted by Gasteiger charge is 2.30. The molecule has 108 valence electrons. The predicted octanol–water partition coefficient (Wildman–Crippen LogP) is -0.0515. The van der Waals surface area contributed by atoms with E-state index < -0.39 is 10.2 Å². The van der Waals surface area contributed by atoms with E-state index in [1.54, 1.807) is 0 Å². The lowest BCUT2D eigenvalue weighted by molar-refractivity contribution is -0.0444. The van der Waals surface area contributed by atoms with Gasteiger partial charge in [0.2, 0.25) is 0 Å². The van der Waals surface area contributed by atoms with Gasteiger partial charge in [0.05, 0.1) is 12.2 Å². The lowest BCUT2D eigenvalue weighted by atomic mass is 10.1. The number of nitrogens with zero attached hydrogens (tertiary/aromatic N) is 1. The number of rotatable bonds is 6. The maximum atomic E-state index is 12.1. The maximum absolute atomic E-state index is 12.1. The molecule has 0 amide bonds. The fourth-order valence-electron chi connectivity index (χ4n) is 1.99. The minimum atomic E-state index is -3.44. The first-order chi connectivity index (χ1) is 8.35. The van der Waals surface area contributed by atoms with Crippen molar-refractivity contribution in [1.29, 1.82) is 0 Å². The molecule has 1 aliphatic rings. The Morgan fingerprint density at radius 1 is 1.39 bits per heavy atom. The monoisotopic (exact) mass is 280 g/mol. The second kappa shape index (κ2) is 6.81. The number of hydrogen-bond donors (Lipinski definition) is 2. The Balaban J connectivity index is 2.52. The van der Waals surface area contributed by atoms with Crippen LogP contribution in [0.15, 0.2) is 0 Å². The van der Waals surface area contributed by atoms with E-state index in [1.165, 1.54) is 4.31 Å². The standard InChI is InChI=1S/C11H24N2O4S/c1-9(4-5-14)6-12-18(15,16)13-7-10(2)17-11(3)8-13/h9-12,14H,4-8H2,1-3H3. The molecule has 0 aromatic rings. The summed E-state index contributed by atoms with van der Waals surface area (Å²) in [7, 11) is -3.44. The van der Waals surface area contributed by atoms with Crippen molar-refractivity contribution in [3.63, 3.8) is 0 Å². The van der Waals surface area contributed by atoms with Crippen LogP contribution in [0.2, 0.25) is 0 Å². The molecule has 0 saturated carbocycles. The van der Waals surface area contributed by atoms with Crippen LogP contribution in [-0.4, -0.2) is 56.3 Å². The third kappa shape index (κ3) is 4.81. The molecule has 3 atom stereocenters. The average molecular weight is 280 g/mol. The van der Waals surface area contributed by atoms with E-state index in [4.69, 9.17) is 9.84 Å². The molecule has 1 rings (SSSR count). The Hall–Kier alpha value is -0.210. The van der Waals surface area contributed by atoms with Gasteiger partial charge in [-0.15, -0.1) is 0 Å². The first kappa shape index (κ1) is 15.8. The molecule has 0 bridgehead atoms. The van der Waals surface area contributed by atoms with Crippen molar-refractivity contribution in [1.82, 2.24) is 9.03 Å². The maximum Gasteiger partial charge on any atom is 0.279 e. The third-order valence-electron chi connectivity index (χ3n) is 2.96. The second-order valence-electron chi connectivity index (χ2n) is 5.05. The molecule has 1 aliphatic heterocycles. The summed E-state index contributed by atoms with van der Waals surface area (Å²) < 4.78 is 33.7. The number of morpholine rings is 1. The zero-order chi connectivity index (χ0) is 13.8. The summed E-state index contributed by atoms with van der Waals surface area (Å²) >= 11 is 0. The van der Waals surface area contributed by atoms with Crippen molar-refractivity contribution in [3.8, 4) is 0 Å². The van der Waals surface area contributed by atoms with Gasteiger partial charge in [-0.2, -0.15) is 12.7 Å². The summed E-state index contributed by atoms with van der Waals surface area (Å²) in [6, 6.07) is 0. The van der Waals surface area contributed by atoms with Crippen LogP contribution in [0.25, 0.3) is 0 Å². The summed E-state index contributed by atoms with van der Waals surface area (Å²) in [5.74, 6) is 0.126. The predicted molar refractivity (Wildman–Crippen MR) is 69.4 cm³/mol. The Morgan fingerprint density at radius 3 is 2.44 bits per heavy atom. The number of aliphatic hydroxyl groups excluding tert-OH is 1. The Bertz CT molecular complexity index is 337. The van der Waals surface area contributed by atoms with Gasteiger partial charge in [0.1, 0.15) is 0 Å². The highest BCUT2D eigenvalue weighted by atomic mass is 32.2. The molecule has 0 aromatic heterocycles. The van der Waals surface area contributed by atoms with Crippen molar-refractivity contribution < 1.29 is 18.3 Å². The van der Waals surface area contributed by atoms with Crippen LogP contribution in [0.3, 0.4) is 0 Å². The lowest BCUT2D eigenvalue weighted by Gasteiger charge is -2.34. The van der Waals surface area contributed by atoms with Gasteiger partial charge in [0.15, 0.2) is 0 Å². The fraction of sp³-hybridized carbons (Fsp3) is 1.00. The van der Waals surface area contributed by atoms with Gasteiger partial charge in [0.25, 0.3) is 10.2 Å². The van der Waals surface area contributed by atoms with Gasteiger partial charge in [0, 0.05) is 26.2 Å². The SMILES string of the molecule is CC(CCO)CNS(=O)(=O)N1CC(C)OC(C)C1. The van der Waals surface area contributed by atoms with Crippen LogP contribution < -0.4 is 4.72 Å². The van der Waals surface area contributed by atoms with Crippen LogP contribution in [0.5, 0.6) is 0 Å². The molecule has 0 spiro atoms. The summed E-state index contributed by atoms with van der Waals surface area (Å²) in [6.07, 6.45) is 0.429. The van der Waals surface area contributed by atoms with Gasteiger partial charge in [-0.1, -0.05) is 6.92 Å². The van der Waals surface area contributed by atoms with Crippen molar-refractivity contribution in [2.75, 3.05) is 26.2 Å². The van der Waals surface area contributed by atoms with Crippen LogP contribution in [-0.2, 0) is 14.9 Å². The zero-order valence-corrected chi connectivity index (χ0v) is 12.1. The van der Waals surface area contributed by atoms with Crippen LogP contribution in [0.1, 0.15) is 27.2 Å². The number of nitrogens with one attached hydrogen (secondary N) is 1. The van der Waals surface area contributed by atoms with Crippen LogP contribution in [0, 0.1) is 5.92 Å². The van der Waals surface area contributed by atoms with E-state index in [2.05, 4.69) is 4.72 Å². The van der Waals surface area contributed by atoms with Crippen molar-refractivity contribution in [2.45, 2.75) is 39.4 Å². The van der Waals surface area contributed by atoms with Crippen LogP contribution >= 0.6 is 0 Å². The van der Waals surface area contributed by atoms with E-state index in [0.717, 1.165) is 0 Å². The fourth-order valence-corrected chi connectivity index (χ4v) is 3.48. The number of ether oxygens (including phenoxy) is 1. The highest BCUT2D eigenvalue weighted by molar-refractivity contribution is 7.87. The van der Waals surface area contributed by atoms with Crippen molar-refractivity contribution >= 4 is 10.2 Å². The largest absolute Gasteiger partial charge is 0.396 e. The topological polar surface area (TPSA) is 78.9 Å². The molecule has 2 N–H and O–H groups in total. The highest BCUT2D eigenvalue weighted by Crippen LogP contribution is 2.13. The molecule has 1 saturated heterocycles. The lowest BCUT2D eigenvalue weighted by Crippen LogP contribution is -2.52. The van der Waals surface area contributed by atoms with Gasteiger partial charge < -0.3 is 9.84 Å². The molecule has 0 aromatic carbocycles. The summed E-state index contributed by atoms with van der Waals surface area (Å²) in [5.41, 5.74) is 0. The Kier molecular flexibility index (Phi) is 6.00. The van der Waals surface area contributed by atoms with E-state index >= 15 is 0 Å². The Labute approximate surface area is 109 Å². The Morgan fingerprint density at radius 2 is 1.94 bits per heavy atom. The number of aliphatic hydroxyl groups is 1. The minimum absolute atomic E-state index is 0.0779. The molecule has 0 aliphatic carbocycles. The molecule has 18 heavy (non-hydrogen) atoms. The average Bonchev–Trinajstić information content (AvgIpc) is 2.26. The molecular weight excluding hydrogens is 256 g/mol. The molecule has 0 radical (unpaired) electrons. The van der Waals surface area contributed by atoms with E-state index in [0.29, 0.717) is 26.1 Å². The first-order valence-electron chi connectivity index (χ1n) is 6.36.